The molecule has 9 aliphatic heterocycles. The molecule has 0 bridgehead atoms. The molecular formula is C76H127N5O55. The zero-order chi connectivity index (χ0) is 101. The van der Waals surface area contributed by atoms with Gasteiger partial charge in [-0.1, -0.05) is 0 Å². The molecule has 9 rings (SSSR count). The summed E-state index contributed by atoms with van der Waals surface area (Å²) in [6.45, 7) is -4.87. The molecule has 0 aromatic rings. The second-order valence-corrected chi connectivity index (χ2v) is 34.3. The monoisotopic (exact) mass is 1990 g/mol. The molecule has 35 N–H and O–H groups in total. The molecule has 0 aliphatic carbocycles. The molecule has 5 amide bonds. The molecule has 0 saturated carbocycles. The van der Waals surface area contributed by atoms with Crippen LogP contribution in [0.15, 0.2) is 0 Å². The van der Waals surface area contributed by atoms with E-state index in [9.17, 15) is 187 Å². The van der Waals surface area contributed by atoms with Crippen molar-refractivity contribution in [3.8, 4) is 0 Å². The predicted octanol–water partition coefficient (Wildman–Crippen LogP) is -22.0. The zero-order valence-electron chi connectivity index (χ0n) is 73.7. The highest BCUT2D eigenvalue weighted by atomic mass is 16.8. The van der Waals surface area contributed by atoms with Crippen LogP contribution in [0.2, 0.25) is 0 Å². The number of hydrogen-bond acceptors (Lipinski definition) is 53. The van der Waals surface area contributed by atoms with Crippen molar-refractivity contribution < 1.29 is 272 Å². The molecule has 0 aromatic heterocycles. The van der Waals surface area contributed by atoms with Crippen LogP contribution in [0.5, 0.6) is 0 Å². The van der Waals surface area contributed by atoms with E-state index in [1.165, 1.54) is 13.8 Å². The molecule has 9 aliphatic rings. The number of carboxylic acid groups (broad SMARTS) is 2. The quantitative estimate of drug-likeness (QED) is 0.0270. The summed E-state index contributed by atoms with van der Waals surface area (Å²) < 4.78 is 108. The Hall–Kier alpha value is -5.55. The average molecular weight is 1990 g/mol. The van der Waals surface area contributed by atoms with E-state index in [-0.39, 0.29) is 0 Å². The number of nitrogens with one attached hydrogen (secondary N) is 5. The third-order valence-corrected chi connectivity index (χ3v) is 24.4. The molecule has 60 heteroatoms. The van der Waals surface area contributed by atoms with E-state index in [4.69, 9.17) is 85.3 Å². The van der Waals surface area contributed by atoms with Crippen molar-refractivity contribution in [2.45, 2.75) is 373 Å². The van der Waals surface area contributed by atoms with E-state index in [0.717, 1.165) is 34.6 Å². The van der Waals surface area contributed by atoms with Gasteiger partial charge in [0.15, 0.2) is 44.0 Å². The number of carbonyl (C=O) groups excluding carboxylic acids is 5. The van der Waals surface area contributed by atoms with Crippen LogP contribution in [0.4, 0.5) is 0 Å². The molecule has 9 heterocycles. The van der Waals surface area contributed by atoms with Gasteiger partial charge >= 0.3 is 11.9 Å². The molecule has 0 spiro atoms. The number of aliphatic hydroxyl groups is 28. The minimum atomic E-state index is -3.38. The average Bonchev–Trinajstić information content (AvgIpc) is 0.753. The van der Waals surface area contributed by atoms with Crippen molar-refractivity contribution >= 4 is 41.5 Å². The maximum atomic E-state index is 13.7. The van der Waals surface area contributed by atoms with Crippen molar-refractivity contribution in [3.05, 3.63) is 0 Å². The maximum absolute atomic E-state index is 13.7. The standard InChI is InChI=1S/C76H127N5O55/c1-19-41(100)49(108)51(110)68(120-19)130-61-39(80-24(6)93)66(119-18-31(99)45(104)56(26(10-82)77-21(3)90)127-71-54(113)64(47(106)33(14-86)123-71)135-75(73(115)116)8-27(95)37(78-22(4)91)59(133-75)43(102)29(97)11-83)125-35(16-88)57(61)128-70-53(112)63(46(105)32(13-85)122-70)132-67-40(81-25(7)94)62(131-69-52(111)50(109)42(101)20(2)121-69)58(36(17-89)126-67)129-72-55(114)65(48(107)34(15-87)124-72)136-76(74(117)118)9-28(96)38(79-23(5)92)60(134-76)44(103)30(98)12-84/h19-20,26-72,82-89,95-114H,8-18H2,1-7H3,(H,77,90)(H,78,91)(H,79,92)(H,80,93)(H,81,94)(H,115,116)(H,117,118)/t19-,20-,26-,27-,28-,29+,30+,31+,32+,33+,34+,35+,36+,37+,38+,39+,40+,41+,42+,43+,44+,45-,46-,47-,48-,49+,50+,51-,52-,53+,54+,55+,56+,57+,58+,59+,60+,61+,62+,63-,64-,65-,66+,67-,68-,69-,70-,71-,72-,75-,76-/m0/s1. The van der Waals surface area contributed by atoms with Crippen LogP contribution in [0.25, 0.3) is 0 Å². The molecule has 0 aromatic carbocycles. The third kappa shape index (κ3) is 25.6. The van der Waals surface area contributed by atoms with Crippen molar-refractivity contribution in [1.29, 1.82) is 0 Å². The number of aliphatic hydroxyl groups excluding tert-OH is 28. The molecule has 136 heavy (non-hydrogen) atoms. The Bertz CT molecular complexity index is 3830. The molecular weight excluding hydrogens is 1860 g/mol. The normalized spacial score (nSPS) is 44.2. The highest BCUT2D eigenvalue weighted by molar-refractivity contribution is 5.78. The van der Waals surface area contributed by atoms with Gasteiger partial charge in [0, 0.05) is 47.5 Å². The van der Waals surface area contributed by atoms with Crippen LogP contribution >= 0.6 is 0 Å². The first-order valence-electron chi connectivity index (χ1n) is 43.0. The van der Waals surface area contributed by atoms with Gasteiger partial charge in [0.05, 0.1) is 102 Å². The summed E-state index contributed by atoms with van der Waals surface area (Å²) >= 11 is 0. The van der Waals surface area contributed by atoms with Crippen molar-refractivity contribution in [1.82, 2.24) is 26.6 Å². The van der Waals surface area contributed by atoms with Crippen molar-refractivity contribution in [2.24, 2.45) is 0 Å². The van der Waals surface area contributed by atoms with Crippen LogP contribution in [0.1, 0.15) is 61.3 Å². The van der Waals surface area contributed by atoms with Gasteiger partial charge < -0.3 is 265 Å². The lowest BCUT2D eigenvalue weighted by Crippen LogP contribution is -2.72. The van der Waals surface area contributed by atoms with Crippen LogP contribution in [0, 0.1) is 0 Å². The van der Waals surface area contributed by atoms with Gasteiger partial charge in [-0.25, -0.2) is 9.59 Å². The molecule has 60 nitrogen and oxygen atoms in total. The van der Waals surface area contributed by atoms with E-state index in [1.54, 1.807) is 0 Å². The summed E-state index contributed by atoms with van der Waals surface area (Å²) in [5.74, 6) is -16.1. The molecule has 51 atom stereocenters. The summed E-state index contributed by atoms with van der Waals surface area (Å²) in [7, 11) is 0. The number of carboxylic acids is 2. The van der Waals surface area contributed by atoms with Crippen molar-refractivity contribution in [2.75, 3.05) is 59.5 Å². The Morgan fingerprint density at radius 1 is 0.346 bits per heavy atom. The topological polar surface area (TPSA) is 953 Å². The second-order valence-electron chi connectivity index (χ2n) is 34.3. The predicted molar refractivity (Wildman–Crippen MR) is 421 cm³/mol. The Balaban J connectivity index is 1.04. The van der Waals surface area contributed by atoms with Gasteiger partial charge in [-0.15, -0.1) is 0 Å². The zero-order valence-corrected chi connectivity index (χ0v) is 73.7. The molecule has 0 radical (unpaired) electrons. The maximum Gasteiger partial charge on any atom is 0.364 e. The molecule has 786 valence electrons. The summed E-state index contributed by atoms with van der Waals surface area (Å²) in [4.78, 5) is 91.5. The summed E-state index contributed by atoms with van der Waals surface area (Å²) in [6, 6.07) is -9.83. The van der Waals surface area contributed by atoms with E-state index >= 15 is 0 Å². The van der Waals surface area contributed by atoms with Gasteiger partial charge in [-0.3, -0.25) is 24.0 Å². The van der Waals surface area contributed by atoms with E-state index < -0.39 is 425 Å². The van der Waals surface area contributed by atoms with Crippen LogP contribution in [-0.4, -0.2) is 566 Å². The van der Waals surface area contributed by atoms with Gasteiger partial charge in [0.25, 0.3) is 11.6 Å². The number of ether oxygens (including phenoxy) is 18. The van der Waals surface area contributed by atoms with Gasteiger partial charge in [-0.2, -0.15) is 0 Å². The minimum Gasteiger partial charge on any atom is -0.477 e. The number of carbonyl (C=O) groups is 7. The number of hydrogen-bond donors (Lipinski definition) is 35. The van der Waals surface area contributed by atoms with E-state index in [0.29, 0.717) is 0 Å². The van der Waals surface area contributed by atoms with Crippen LogP contribution in [-0.2, 0) is 119 Å². The minimum absolute atomic E-state index is 0.850. The summed E-state index contributed by atoms with van der Waals surface area (Å²) in [5, 5.41) is 348. The fraction of sp³-hybridized carbons (Fsp3) is 0.908. The largest absolute Gasteiger partial charge is 0.477 e. The summed E-state index contributed by atoms with van der Waals surface area (Å²) in [5.41, 5.74) is 0. The Morgan fingerprint density at radius 2 is 0.669 bits per heavy atom. The molecule has 0 unspecified atom stereocenters. The Morgan fingerprint density at radius 3 is 1.03 bits per heavy atom. The number of amides is 5. The number of rotatable bonds is 41. The van der Waals surface area contributed by atoms with Gasteiger partial charge in [0.2, 0.25) is 29.5 Å². The first-order chi connectivity index (χ1) is 63.9. The smallest absolute Gasteiger partial charge is 0.364 e. The lowest BCUT2D eigenvalue weighted by Gasteiger charge is -2.52. The third-order valence-electron chi connectivity index (χ3n) is 24.4. The fourth-order valence-corrected chi connectivity index (χ4v) is 17.3. The van der Waals surface area contributed by atoms with Crippen LogP contribution < -0.4 is 26.6 Å². The van der Waals surface area contributed by atoms with E-state index in [2.05, 4.69) is 26.6 Å². The van der Waals surface area contributed by atoms with Crippen LogP contribution in [0.3, 0.4) is 0 Å². The Kier molecular flexibility index (Phi) is 41.2. The summed E-state index contributed by atoms with van der Waals surface area (Å²) in [6.07, 6.45) is -102. The Labute approximate surface area is 770 Å². The highest BCUT2D eigenvalue weighted by Gasteiger charge is 2.66. The SMILES string of the molecule is CC(=O)N[C@H]1[C@H](OC[C@@H](O)[C@H](O)[C@H](O[C@@H]2O[C@H](CO)[C@H](O)[C@H](O[C@]3(C(=O)O)C[C@H](O)[C@@H](NC(C)=O)[C@H]([C@H](O)[C@H](O)CO)O3)[C@H]2O)[C@H](CO)NC(C)=O)O[C@H](CO)[C@@H](O[C@@H]2O[C@H](CO)[C@H](O)[C@H](O[C@@H]3O[C@H](CO)[C@@H](O[C@@H]4O[C@H](CO)[C@H](O)[C@H](O[C@]5(C(=O)O)C[C@H](O)[C@@H](NC(C)=O)[C@H]([C@H](O)[C@H](O)CO)O5)[C@H]4O)[C@H](O[C@@H]4O[C@@H](C)[C@@H](O)[C@@H](O)[C@@H]4O)[C@H]3NC(C)=O)[C@H]2O)[C@@H]1O[C@@H]1O[C@@H](C)[C@@H](O)[C@@H](O)[C@@H]1O. The van der Waals surface area contributed by atoms with Crippen molar-refractivity contribution in [3.63, 3.8) is 0 Å². The highest BCUT2D eigenvalue weighted by Crippen LogP contribution is 2.44. The van der Waals surface area contributed by atoms with E-state index in [1.807, 2.05) is 0 Å². The first kappa shape index (κ1) is 114. The van der Waals surface area contributed by atoms with Gasteiger partial charge in [-0.05, 0) is 13.8 Å². The fourth-order valence-electron chi connectivity index (χ4n) is 17.3. The van der Waals surface area contributed by atoms with Gasteiger partial charge in [0.1, 0.15) is 214 Å². The second kappa shape index (κ2) is 49.2. The number of aliphatic carboxylic acids is 2. The molecule has 9 fully saturated rings. The first-order valence-corrected chi connectivity index (χ1v) is 43.0. The molecule has 9 saturated heterocycles. The lowest BCUT2D eigenvalue weighted by molar-refractivity contribution is -0.400. The lowest BCUT2D eigenvalue weighted by atomic mass is 9.88.